The van der Waals surface area contributed by atoms with Crippen molar-refractivity contribution in [1.82, 2.24) is 14.8 Å². The van der Waals surface area contributed by atoms with Crippen molar-refractivity contribution in [3.8, 4) is 11.3 Å². The van der Waals surface area contributed by atoms with Gasteiger partial charge in [0.05, 0.1) is 18.9 Å². The Kier molecular flexibility index (Phi) is 8.80. The van der Waals surface area contributed by atoms with E-state index in [2.05, 4.69) is 34.1 Å². The summed E-state index contributed by atoms with van der Waals surface area (Å²) in [6.45, 7) is 4.87. The van der Waals surface area contributed by atoms with Gasteiger partial charge in [-0.3, -0.25) is 4.79 Å². The van der Waals surface area contributed by atoms with Crippen molar-refractivity contribution in [2.75, 3.05) is 51.7 Å². The number of carbonyl (C=O) groups excluding carboxylic acids is 1. The summed E-state index contributed by atoms with van der Waals surface area (Å²) in [5.74, 6) is -0.373. The molecular formula is C24H34N6O4. The molecule has 10 heteroatoms. The second-order valence-electron chi connectivity index (χ2n) is 8.64. The zero-order valence-corrected chi connectivity index (χ0v) is 19.4. The third-order valence-electron chi connectivity index (χ3n) is 6.23. The highest BCUT2D eigenvalue weighted by Crippen LogP contribution is 2.21. The lowest BCUT2D eigenvalue weighted by Gasteiger charge is -2.36. The van der Waals surface area contributed by atoms with Gasteiger partial charge in [-0.05, 0) is 37.0 Å². The molecule has 2 aliphatic heterocycles. The molecule has 2 aliphatic rings. The Morgan fingerprint density at radius 2 is 1.68 bits per heavy atom. The van der Waals surface area contributed by atoms with Crippen molar-refractivity contribution >= 4 is 17.8 Å². The summed E-state index contributed by atoms with van der Waals surface area (Å²) in [4.78, 5) is 29.8. The Bertz CT molecular complexity index is 954. The van der Waals surface area contributed by atoms with Crippen molar-refractivity contribution in [3.63, 3.8) is 0 Å². The number of ether oxygens (including phenoxy) is 1. The molecule has 4 rings (SSSR count). The number of nitrogens with two attached hydrogens (primary N) is 3. The maximum atomic E-state index is 11.2. The van der Waals surface area contributed by atoms with Crippen LogP contribution in [0.3, 0.4) is 0 Å². The second-order valence-corrected chi connectivity index (χ2v) is 8.64. The number of rotatable bonds is 5. The van der Waals surface area contributed by atoms with Crippen LogP contribution in [0.15, 0.2) is 42.5 Å². The van der Waals surface area contributed by atoms with Crippen molar-refractivity contribution < 1.29 is 19.4 Å². The summed E-state index contributed by atoms with van der Waals surface area (Å²) in [5, 5.41) is 9.17. The number of carbonyl (C=O) groups is 2. The van der Waals surface area contributed by atoms with E-state index in [1.807, 2.05) is 12.1 Å². The van der Waals surface area contributed by atoms with E-state index in [0.29, 0.717) is 45.0 Å². The summed E-state index contributed by atoms with van der Waals surface area (Å²) < 4.78 is 5.00. The number of carboxylic acids is 1. The highest BCUT2D eigenvalue weighted by Gasteiger charge is 2.37. The van der Waals surface area contributed by atoms with Crippen LogP contribution in [0, 0.1) is 0 Å². The predicted molar refractivity (Wildman–Crippen MR) is 130 cm³/mol. The third-order valence-corrected chi connectivity index (χ3v) is 6.23. The number of urea groups is 1. The Hall–Kier alpha value is -3.21. The Balaban J connectivity index is 0.000000302. The molecule has 0 aliphatic carbocycles. The molecule has 0 spiro atoms. The number of nitrogens with zero attached hydrogens (tertiary/aromatic N) is 3. The fraction of sp³-hybridized carbons (Fsp3) is 0.458. The van der Waals surface area contributed by atoms with Crippen LogP contribution in [0.4, 0.5) is 10.6 Å². The normalized spacial score (nSPS) is 18.0. The van der Waals surface area contributed by atoms with Gasteiger partial charge >= 0.3 is 12.0 Å². The van der Waals surface area contributed by atoms with Gasteiger partial charge in [-0.15, -0.1) is 0 Å². The SMILES string of the molecule is NC(=O)N1CCOCC1.Nc1cccc(-c2ccc(CCN3CCC(N)(C(=O)O)CC3)cc2)n1. The first-order chi connectivity index (χ1) is 16.3. The number of pyridine rings is 1. The van der Waals surface area contributed by atoms with Crippen LogP contribution in [0.25, 0.3) is 11.3 Å². The fourth-order valence-electron chi connectivity index (χ4n) is 3.91. The topological polar surface area (TPSA) is 161 Å². The number of primary amides is 1. The molecule has 34 heavy (non-hydrogen) atoms. The zero-order valence-electron chi connectivity index (χ0n) is 19.4. The number of carboxylic acid groups (broad SMARTS) is 1. The van der Waals surface area contributed by atoms with Gasteiger partial charge in [-0.25, -0.2) is 9.78 Å². The summed E-state index contributed by atoms with van der Waals surface area (Å²) in [7, 11) is 0. The van der Waals surface area contributed by atoms with Crippen molar-refractivity contribution in [2.24, 2.45) is 11.5 Å². The van der Waals surface area contributed by atoms with Gasteiger partial charge in [0.15, 0.2) is 0 Å². The van der Waals surface area contributed by atoms with E-state index in [1.165, 1.54) is 5.56 Å². The summed E-state index contributed by atoms with van der Waals surface area (Å²) in [6.07, 6.45) is 1.93. The number of aliphatic carboxylic acids is 1. The van der Waals surface area contributed by atoms with E-state index in [1.54, 1.807) is 11.0 Å². The number of anilines is 1. The van der Waals surface area contributed by atoms with Gasteiger partial charge in [-0.1, -0.05) is 30.3 Å². The number of piperidine rings is 1. The minimum atomic E-state index is -1.05. The number of likely N-dealkylation sites (tertiary alicyclic amines) is 1. The van der Waals surface area contributed by atoms with Gasteiger partial charge in [-0.2, -0.15) is 0 Å². The van der Waals surface area contributed by atoms with Crippen molar-refractivity contribution in [2.45, 2.75) is 24.8 Å². The van der Waals surface area contributed by atoms with E-state index < -0.39 is 11.5 Å². The maximum Gasteiger partial charge on any atom is 0.323 e. The maximum absolute atomic E-state index is 11.2. The number of morpholine rings is 1. The molecule has 2 fully saturated rings. The summed E-state index contributed by atoms with van der Waals surface area (Å²) >= 11 is 0. The molecule has 0 saturated carbocycles. The summed E-state index contributed by atoms with van der Waals surface area (Å²) in [6, 6.07) is 13.6. The summed E-state index contributed by atoms with van der Waals surface area (Å²) in [5.41, 5.74) is 18.8. The minimum absolute atomic E-state index is 0.349. The van der Waals surface area contributed by atoms with Crippen LogP contribution in [0.1, 0.15) is 18.4 Å². The molecule has 1 aromatic heterocycles. The molecule has 10 nitrogen and oxygen atoms in total. The second kappa shape index (κ2) is 11.8. The van der Waals surface area contributed by atoms with E-state index in [9.17, 15) is 14.7 Å². The van der Waals surface area contributed by atoms with Gasteiger partial charge in [0.2, 0.25) is 0 Å². The monoisotopic (exact) mass is 470 g/mol. The molecule has 0 unspecified atom stereocenters. The smallest absolute Gasteiger partial charge is 0.323 e. The lowest BCUT2D eigenvalue weighted by molar-refractivity contribution is -0.145. The molecule has 1 aromatic carbocycles. The largest absolute Gasteiger partial charge is 0.480 e. The van der Waals surface area contributed by atoms with Crippen LogP contribution in [0.2, 0.25) is 0 Å². The Labute approximate surface area is 199 Å². The standard InChI is InChI=1S/C19H24N4O2.C5H10N2O2/c20-17-3-1-2-16(22-17)15-6-4-14(5-7-15)8-11-23-12-9-19(21,10-13-23)18(24)25;6-5(8)7-1-3-9-4-2-7/h1-7H,8-13,21H2,(H2,20,22)(H,24,25);1-4H2,(H2,6,8). The van der Waals surface area contributed by atoms with Gasteiger partial charge < -0.3 is 36.8 Å². The van der Waals surface area contributed by atoms with E-state index in [0.717, 1.165) is 37.3 Å². The first kappa shape index (κ1) is 25.4. The first-order valence-electron chi connectivity index (χ1n) is 11.5. The van der Waals surface area contributed by atoms with Crippen LogP contribution in [0.5, 0.6) is 0 Å². The Morgan fingerprint density at radius 1 is 1.03 bits per heavy atom. The molecule has 0 bridgehead atoms. The molecular weight excluding hydrogens is 436 g/mol. The number of hydrogen-bond donors (Lipinski definition) is 4. The van der Waals surface area contributed by atoms with Crippen LogP contribution < -0.4 is 17.2 Å². The molecule has 184 valence electrons. The minimum Gasteiger partial charge on any atom is -0.480 e. The zero-order chi connectivity index (χ0) is 24.6. The highest BCUT2D eigenvalue weighted by atomic mass is 16.5. The number of benzene rings is 1. The Morgan fingerprint density at radius 3 is 2.21 bits per heavy atom. The van der Waals surface area contributed by atoms with Gasteiger partial charge in [0.25, 0.3) is 0 Å². The van der Waals surface area contributed by atoms with E-state index in [4.69, 9.17) is 21.9 Å². The molecule has 2 aromatic rings. The third kappa shape index (κ3) is 7.14. The van der Waals surface area contributed by atoms with Crippen molar-refractivity contribution in [1.29, 1.82) is 0 Å². The van der Waals surface area contributed by atoms with Gasteiger partial charge in [0.1, 0.15) is 11.4 Å². The lowest BCUT2D eigenvalue weighted by atomic mass is 9.88. The number of amides is 2. The molecule has 2 amide bonds. The average molecular weight is 471 g/mol. The van der Waals surface area contributed by atoms with Crippen LogP contribution in [-0.4, -0.2) is 83.4 Å². The first-order valence-corrected chi connectivity index (χ1v) is 11.5. The van der Waals surface area contributed by atoms with Crippen molar-refractivity contribution in [3.05, 3.63) is 48.0 Å². The molecule has 7 N–H and O–H groups in total. The lowest BCUT2D eigenvalue weighted by Crippen LogP contribution is -2.55. The average Bonchev–Trinajstić information content (AvgIpc) is 2.85. The van der Waals surface area contributed by atoms with E-state index >= 15 is 0 Å². The highest BCUT2D eigenvalue weighted by molar-refractivity contribution is 5.78. The van der Waals surface area contributed by atoms with Gasteiger partial charge in [0, 0.05) is 38.3 Å². The van der Waals surface area contributed by atoms with E-state index in [-0.39, 0.29) is 6.03 Å². The predicted octanol–water partition coefficient (Wildman–Crippen LogP) is 1.15. The van der Waals surface area contributed by atoms with Crippen LogP contribution >= 0.6 is 0 Å². The number of nitrogen functional groups attached to an aromatic ring is 1. The fourth-order valence-corrected chi connectivity index (χ4v) is 3.91. The molecule has 0 atom stereocenters. The number of aromatic nitrogens is 1. The molecule has 0 radical (unpaired) electrons. The van der Waals surface area contributed by atoms with Crippen LogP contribution in [-0.2, 0) is 16.0 Å². The number of hydrogen-bond acceptors (Lipinski definition) is 7. The quantitative estimate of drug-likeness (QED) is 0.506. The molecule has 2 saturated heterocycles. The molecule has 3 heterocycles.